The monoisotopic (exact) mass is 286 g/mol. The highest BCUT2D eigenvalue weighted by molar-refractivity contribution is 5.20. The summed E-state index contributed by atoms with van der Waals surface area (Å²) in [6.07, 6.45) is 17.3. The van der Waals surface area contributed by atoms with Crippen LogP contribution in [0.15, 0.2) is 30.3 Å². The van der Waals surface area contributed by atoms with E-state index in [2.05, 4.69) is 37.3 Å². The highest BCUT2D eigenvalue weighted by atomic mass is 14.3. The summed E-state index contributed by atoms with van der Waals surface area (Å²) in [5.74, 6) is 1.80. The quantitative estimate of drug-likeness (QED) is 0.402. The molecule has 1 aromatic carbocycles. The molecule has 0 heterocycles. The molecule has 0 aromatic heterocycles. The Hall–Kier alpha value is -0.780. The van der Waals surface area contributed by atoms with Crippen LogP contribution >= 0.6 is 0 Å². The van der Waals surface area contributed by atoms with Crippen molar-refractivity contribution >= 4 is 0 Å². The number of benzene rings is 1. The van der Waals surface area contributed by atoms with Crippen molar-refractivity contribution in [1.29, 1.82) is 0 Å². The first-order chi connectivity index (χ1) is 10.4. The van der Waals surface area contributed by atoms with Gasteiger partial charge in [0.1, 0.15) is 0 Å². The van der Waals surface area contributed by atoms with E-state index in [1.165, 1.54) is 77.0 Å². The van der Waals surface area contributed by atoms with E-state index in [4.69, 9.17) is 0 Å². The molecule has 1 aromatic rings. The first-order valence-corrected chi connectivity index (χ1v) is 9.46. The summed E-state index contributed by atoms with van der Waals surface area (Å²) >= 11 is 0. The lowest BCUT2D eigenvalue weighted by molar-refractivity contribution is 0.395. The summed E-state index contributed by atoms with van der Waals surface area (Å²) in [5, 5.41) is 0. The Morgan fingerprint density at radius 1 is 0.857 bits per heavy atom. The number of rotatable bonds is 10. The zero-order valence-corrected chi connectivity index (χ0v) is 14.0. The normalized spacial score (nSPS) is 17.2. The molecule has 118 valence electrons. The van der Waals surface area contributed by atoms with Crippen molar-refractivity contribution in [2.45, 2.75) is 89.9 Å². The minimum atomic E-state index is 0.837. The Bertz CT molecular complexity index is 348. The molecule has 0 aliphatic heterocycles. The predicted octanol–water partition coefficient (Wildman–Crippen LogP) is 7.10. The lowest BCUT2D eigenvalue weighted by Gasteiger charge is -2.24. The van der Waals surface area contributed by atoms with Gasteiger partial charge in [-0.05, 0) is 36.7 Å². The third-order valence-electron chi connectivity index (χ3n) is 5.32. The van der Waals surface area contributed by atoms with Gasteiger partial charge in [0.15, 0.2) is 0 Å². The van der Waals surface area contributed by atoms with Gasteiger partial charge in [0, 0.05) is 0 Å². The Morgan fingerprint density at radius 3 is 2.14 bits per heavy atom. The van der Waals surface area contributed by atoms with Gasteiger partial charge >= 0.3 is 0 Å². The van der Waals surface area contributed by atoms with Crippen LogP contribution in [0.3, 0.4) is 0 Å². The molecule has 0 N–H and O–H groups in total. The topological polar surface area (TPSA) is 0 Å². The van der Waals surface area contributed by atoms with Crippen molar-refractivity contribution in [3.05, 3.63) is 35.9 Å². The Labute approximate surface area is 132 Å². The fourth-order valence-electron chi connectivity index (χ4n) is 4.06. The summed E-state index contributed by atoms with van der Waals surface area (Å²) in [7, 11) is 0. The second-order valence-corrected chi connectivity index (χ2v) is 6.97. The average Bonchev–Trinajstić information content (AvgIpc) is 3.05. The standard InChI is InChI=1S/C21H34/c1-2-3-4-5-6-7-11-18-21(20-16-12-13-17-20)19-14-9-8-10-15-19/h8-10,14-15,20-21H,2-7,11-13,16-18H2,1H3. The SMILES string of the molecule is CCCCCCCCCC(c1ccccc1)C1CCCC1. The predicted molar refractivity (Wildman–Crippen MR) is 93.8 cm³/mol. The fourth-order valence-corrected chi connectivity index (χ4v) is 4.06. The molecule has 1 fully saturated rings. The molecule has 0 saturated heterocycles. The van der Waals surface area contributed by atoms with Gasteiger partial charge in [-0.3, -0.25) is 0 Å². The first-order valence-electron chi connectivity index (χ1n) is 9.46. The van der Waals surface area contributed by atoms with Crippen molar-refractivity contribution < 1.29 is 0 Å². The summed E-state index contributed by atoms with van der Waals surface area (Å²) in [4.78, 5) is 0. The zero-order valence-electron chi connectivity index (χ0n) is 14.0. The smallest absolute Gasteiger partial charge is 0.0134 e. The average molecular weight is 287 g/mol. The van der Waals surface area contributed by atoms with Crippen molar-refractivity contribution in [2.24, 2.45) is 5.92 Å². The van der Waals surface area contributed by atoms with Gasteiger partial charge in [0.2, 0.25) is 0 Å². The van der Waals surface area contributed by atoms with Crippen molar-refractivity contribution in [3.63, 3.8) is 0 Å². The van der Waals surface area contributed by atoms with Crippen LogP contribution in [0, 0.1) is 5.92 Å². The van der Waals surface area contributed by atoms with Gasteiger partial charge in [-0.25, -0.2) is 0 Å². The summed E-state index contributed by atoms with van der Waals surface area (Å²) in [5.41, 5.74) is 1.61. The van der Waals surface area contributed by atoms with Crippen molar-refractivity contribution in [3.8, 4) is 0 Å². The van der Waals surface area contributed by atoms with E-state index in [-0.39, 0.29) is 0 Å². The molecular weight excluding hydrogens is 252 g/mol. The number of unbranched alkanes of at least 4 members (excludes halogenated alkanes) is 6. The third kappa shape index (κ3) is 5.85. The van der Waals surface area contributed by atoms with E-state index < -0.39 is 0 Å². The van der Waals surface area contributed by atoms with E-state index in [1.54, 1.807) is 5.56 Å². The zero-order chi connectivity index (χ0) is 14.8. The maximum Gasteiger partial charge on any atom is -0.0134 e. The van der Waals surface area contributed by atoms with Gasteiger partial charge < -0.3 is 0 Å². The third-order valence-corrected chi connectivity index (χ3v) is 5.32. The van der Waals surface area contributed by atoms with E-state index in [9.17, 15) is 0 Å². The van der Waals surface area contributed by atoms with Crippen LogP contribution < -0.4 is 0 Å². The van der Waals surface area contributed by atoms with E-state index in [1.807, 2.05) is 0 Å². The molecular formula is C21H34. The second-order valence-electron chi connectivity index (χ2n) is 6.97. The molecule has 0 amide bonds. The van der Waals surface area contributed by atoms with Gasteiger partial charge in [-0.1, -0.05) is 95.0 Å². The Kier molecular flexibility index (Phi) is 7.92. The van der Waals surface area contributed by atoms with Gasteiger partial charge in [0.05, 0.1) is 0 Å². The second kappa shape index (κ2) is 10.0. The molecule has 1 unspecified atom stereocenters. The van der Waals surface area contributed by atoms with Crippen LogP contribution in [0.1, 0.15) is 95.5 Å². The summed E-state index contributed by atoms with van der Waals surface area (Å²) in [6.45, 7) is 2.30. The van der Waals surface area contributed by atoms with Crippen molar-refractivity contribution in [1.82, 2.24) is 0 Å². The maximum atomic E-state index is 2.37. The van der Waals surface area contributed by atoms with E-state index in [0.29, 0.717) is 0 Å². The lowest BCUT2D eigenvalue weighted by atomic mass is 9.81. The molecule has 1 atom stereocenters. The maximum absolute atomic E-state index is 2.37. The van der Waals surface area contributed by atoms with Gasteiger partial charge in [-0.15, -0.1) is 0 Å². The molecule has 0 radical (unpaired) electrons. The molecule has 1 saturated carbocycles. The first kappa shape index (κ1) is 16.6. The lowest BCUT2D eigenvalue weighted by Crippen LogP contribution is -2.10. The van der Waals surface area contributed by atoms with Crippen LogP contribution in [-0.4, -0.2) is 0 Å². The summed E-state index contributed by atoms with van der Waals surface area (Å²) < 4.78 is 0. The molecule has 0 spiro atoms. The minimum absolute atomic E-state index is 0.837. The Balaban J connectivity index is 1.75. The molecule has 1 aliphatic carbocycles. The molecule has 0 nitrogen and oxygen atoms in total. The Morgan fingerprint density at radius 2 is 1.48 bits per heavy atom. The molecule has 0 heteroatoms. The molecule has 21 heavy (non-hydrogen) atoms. The van der Waals surface area contributed by atoms with Crippen molar-refractivity contribution in [2.75, 3.05) is 0 Å². The summed E-state index contributed by atoms with van der Waals surface area (Å²) in [6, 6.07) is 11.3. The van der Waals surface area contributed by atoms with E-state index in [0.717, 1.165) is 11.8 Å². The van der Waals surface area contributed by atoms with Gasteiger partial charge in [-0.2, -0.15) is 0 Å². The molecule has 2 rings (SSSR count). The largest absolute Gasteiger partial charge is 0.0654 e. The van der Waals surface area contributed by atoms with E-state index >= 15 is 0 Å². The molecule has 0 bridgehead atoms. The van der Waals surface area contributed by atoms with Crippen LogP contribution in [0.25, 0.3) is 0 Å². The number of hydrogen-bond acceptors (Lipinski definition) is 0. The van der Waals surface area contributed by atoms with Gasteiger partial charge in [0.25, 0.3) is 0 Å². The van der Waals surface area contributed by atoms with Crippen LogP contribution in [0.2, 0.25) is 0 Å². The van der Waals surface area contributed by atoms with Crippen LogP contribution in [0.5, 0.6) is 0 Å². The van der Waals surface area contributed by atoms with Crippen LogP contribution in [0.4, 0.5) is 0 Å². The molecule has 1 aliphatic rings. The highest BCUT2D eigenvalue weighted by Gasteiger charge is 2.25. The minimum Gasteiger partial charge on any atom is -0.0654 e. The fraction of sp³-hybridized carbons (Fsp3) is 0.714. The number of hydrogen-bond donors (Lipinski definition) is 0. The highest BCUT2D eigenvalue weighted by Crippen LogP contribution is 2.40. The van der Waals surface area contributed by atoms with Crippen LogP contribution in [-0.2, 0) is 0 Å².